The Morgan fingerprint density at radius 2 is 1.92 bits per heavy atom. The topological polar surface area (TPSA) is 62.7 Å². The van der Waals surface area contributed by atoms with Gasteiger partial charge in [0.2, 0.25) is 0 Å². The molecule has 1 fully saturated rings. The van der Waals surface area contributed by atoms with E-state index in [-0.39, 0.29) is 5.92 Å². The number of hydrogen-bond donors (Lipinski definition) is 1. The van der Waals surface area contributed by atoms with Crippen molar-refractivity contribution in [1.82, 2.24) is 4.98 Å². The van der Waals surface area contributed by atoms with Crippen LogP contribution in [-0.4, -0.2) is 36.3 Å². The number of piperidine rings is 1. The van der Waals surface area contributed by atoms with Crippen LogP contribution in [0.2, 0.25) is 0 Å². The molecule has 1 aromatic heterocycles. The summed E-state index contributed by atoms with van der Waals surface area (Å²) in [5, 5.41) is 10.6. The monoisotopic (exact) mass is 326 g/mol. The van der Waals surface area contributed by atoms with Crippen LogP contribution in [-0.2, 0) is 4.74 Å². The van der Waals surface area contributed by atoms with Gasteiger partial charge in [-0.25, -0.2) is 9.78 Å². The lowest BCUT2D eigenvalue weighted by atomic mass is 9.87. The fourth-order valence-corrected chi connectivity index (χ4v) is 3.28. The minimum Gasteiger partial charge on any atom is -0.464 e. The summed E-state index contributed by atoms with van der Waals surface area (Å²) >= 11 is 0. The Labute approximate surface area is 141 Å². The minimum atomic E-state index is -0.442. The lowest BCUT2D eigenvalue weighted by molar-refractivity contribution is 0.0594. The van der Waals surface area contributed by atoms with Crippen molar-refractivity contribution in [2.45, 2.75) is 18.9 Å². The van der Waals surface area contributed by atoms with E-state index in [1.54, 1.807) is 6.20 Å². The number of aliphatic hydroxyl groups is 1. The first-order chi connectivity index (χ1) is 11.7. The lowest BCUT2D eigenvalue weighted by Gasteiger charge is -2.36. The van der Waals surface area contributed by atoms with Gasteiger partial charge >= 0.3 is 5.97 Å². The smallest absolute Gasteiger partial charge is 0.358 e. The quantitative estimate of drug-likeness (QED) is 0.876. The summed E-state index contributed by atoms with van der Waals surface area (Å²) in [6, 6.07) is 13.5. The molecule has 5 heteroatoms. The highest BCUT2D eigenvalue weighted by Crippen LogP contribution is 2.33. The Morgan fingerprint density at radius 1 is 1.21 bits per heavy atom. The summed E-state index contributed by atoms with van der Waals surface area (Å²) in [6.45, 7) is 1.56. The van der Waals surface area contributed by atoms with Crippen molar-refractivity contribution in [3.05, 3.63) is 59.9 Å². The Kier molecular flexibility index (Phi) is 5.11. The first-order valence-corrected chi connectivity index (χ1v) is 8.22. The van der Waals surface area contributed by atoms with Crippen molar-refractivity contribution in [3.8, 4) is 0 Å². The minimum absolute atomic E-state index is 0.224. The van der Waals surface area contributed by atoms with Crippen LogP contribution in [0.15, 0.2) is 48.7 Å². The number of ether oxygens (including phenoxy) is 1. The molecule has 0 aliphatic carbocycles. The van der Waals surface area contributed by atoms with Crippen molar-refractivity contribution in [1.29, 1.82) is 0 Å². The number of benzene rings is 1. The average molecular weight is 326 g/mol. The van der Waals surface area contributed by atoms with Crippen molar-refractivity contribution < 1.29 is 14.6 Å². The highest BCUT2D eigenvalue weighted by atomic mass is 16.5. The number of anilines is 1. The van der Waals surface area contributed by atoms with Crippen molar-refractivity contribution in [2.75, 3.05) is 25.1 Å². The standard InChI is InChI=1S/C19H22N2O3/c1-24-19(23)17-16(8-5-11-20-17)21-12-9-15(10-13-21)18(22)14-6-3-2-4-7-14/h2-8,11,15,18,22H,9-10,12-13H2,1H3. The SMILES string of the molecule is COC(=O)c1ncccc1N1CCC(C(O)c2ccccc2)CC1. The average Bonchev–Trinajstić information content (AvgIpc) is 2.67. The molecule has 1 aliphatic heterocycles. The van der Waals surface area contributed by atoms with E-state index < -0.39 is 12.1 Å². The Hall–Kier alpha value is -2.40. The third kappa shape index (κ3) is 3.41. The zero-order valence-corrected chi connectivity index (χ0v) is 13.8. The predicted molar refractivity (Wildman–Crippen MR) is 91.9 cm³/mol. The van der Waals surface area contributed by atoms with Crippen LogP contribution >= 0.6 is 0 Å². The molecule has 1 N–H and O–H groups in total. The van der Waals surface area contributed by atoms with Gasteiger partial charge in [0.05, 0.1) is 18.9 Å². The molecule has 0 radical (unpaired) electrons. The van der Waals surface area contributed by atoms with Crippen LogP contribution in [0.4, 0.5) is 5.69 Å². The normalized spacial score (nSPS) is 16.7. The highest BCUT2D eigenvalue weighted by molar-refractivity contribution is 5.93. The maximum absolute atomic E-state index is 11.9. The van der Waals surface area contributed by atoms with Crippen LogP contribution in [0.5, 0.6) is 0 Å². The number of carbonyl (C=O) groups excluding carboxylic acids is 1. The largest absolute Gasteiger partial charge is 0.464 e. The van der Waals surface area contributed by atoms with E-state index in [0.717, 1.165) is 37.2 Å². The predicted octanol–water partition coefficient (Wildman–Crippen LogP) is 2.82. The van der Waals surface area contributed by atoms with Gasteiger partial charge in [-0.3, -0.25) is 0 Å². The molecular weight excluding hydrogens is 304 g/mol. The molecule has 2 aromatic rings. The van der Waals surface area contributed by atoms with Gasteiger partial charge < -0.3 is 14.7 Å². The number of carbonyl (C=O) groups is 1. The fourth-order valence-electron chi connectivity index (χ4n) is 3.28. The van der Waals surface area contributed by atoms with E-state index in [0.29, 0.717) is 5.69 Å². The molecule has 0 saturated carbocycles. The van der Waals surface area contributed by atoms with Gasteiger partial charge in [0, 0.05) is 19.3 Å². The van der Waals surface area contributed by atoms with E-state index >= 15 is 0 Å². The van der Waals surface area contributed by atoms with Crippen LogP contribution in [0.25, 0.3) is 0 Å². The van der Waals surface area contributed by atoms with E-state index in [2.05, 4.69) is 9.88 Å². The maximum atomic E-state index is 11.9. The number of methoxy groups -OCH3 is 1. The molecule has 3 rings (SSSR count). The van der Waals surface area contributed by atoms with Gasteiger partial charge in [-0.15, -0.1) is 0 Å². The Morgan fingerprint density at radius 3 is 2.58 bits per heavy atom. The van der Waals surface area contributed by atoms with Crippen LogP contribution in [0, 0.1) is 5.92 Å². The molecule has 1 aromatic carbocycles. The third-order valence-electron chi connectivity index (χ3n) is 4.63. The number of aromatic nitrogens is 1. The van der Waals surface area contributed by atoms with Gasteiger partial charge in [-0.2, -0.15) is 0 Å². The van der Waals surface area contributed by atoms with E-state index in [1.807, 2.05) is 42.5 Å². The second kappa shape index (κ2) is 7.45. The van der Waals surface area contributed by atoms with Gasteiger partial charge in [-0.1, -0.05) is 30.3 Å². The zero-order valence-electron chi connectivity index (χ0n) is 13.8. The maximum Gasteiger partial charge on any atom is 0.358 e. The molecule has 1 saturated heterocycles. The molecule has 1 aliphatic rings. The van der Waals surface area contributed by atoms with E-state index in [1.165, 1.54) is 7.11 Å². The number of pyridine rings is 1. The number of rotatable bonds is 4. The van der Waals surface area contributed by atoms with Crippen molar-refractivity contribution in [3.63, 3.8) is 0 Å². The summed E-state index contributed by atoms with van der Waals surface area (Å²) in [6.07, 6.45) is 2.89. The molecule has 2 heterocycles. The molecule has 24 heavy (non-hydrogen) atoms. The van der Waals surface area contributed by atoms with Crippen LogP contribution < -0.4 is 4.90 Å². The first-order valence-electron chi connectivity index (χ1n) is 8.22. The summed E-state index contributed by atoms with van der Waals surface area (Å²) in [5.74, 6) is -0.195. The summed E-state index contributed by atoms with van der Waals surface area (Å²) < 4.78 is 4.82. The van der Waals surface area contributed by atoms with Crippen molar-refractivity contribution in [2.24, 2.45) is 5.92 Å². The number of nitrogens with zero attached hydrogens (tertiary/aromatic N) is 2. The second-order valence-electron chi connectivity index (χ2n) is 6.04. The highest BCUT2D eigenvalue weighted by Gasteiger charge is 2.28. The Bertz CT molecular complexity index is 682. The summed E-state index contributed by atoms with van der Waals surface area (Å²) in [7, 11) is 1.36. The lowest BCUT2D eigenvalue weighted by Crippen LogP contribution is -2.36. The molecule has 0 amide bonds. The van der Waals surface area contributed by atoms with E-state index in [9.17, 15) is 9.90 Å². The van der Waals surface area contributed by atoms with Gasteiger partial charge in [0.1, 0.15) is 0 Å². The second-order valence-corrected chi connectivity index (χ2v) is 6.04. The molecule has 1 atom stereocenters. The number of esters is 1. The van der Waals surface area contributed by atoms with Gasteiger partial charge in [0.25, 0.3) is 0 Å². The fraction of sp³-hybridized carbons (Fsp3) is 0.368. The molecule has 0 spiro atoms. The summed E-state index contributed by atoms with van der Waals surface area (Å²) in [4.78, 5) is 18.2. The first kappa shape index (κ1) is 16.5. The number of hydrogen-bond acceptors (Lipinski definition) is 5. The number of aliphatic hydroxyl groups excluding tert-OH is 1. The summed E-state index contributed by atoms with van der Waals surface area (Å²) in [5.41, 5.74) is 2.12. The molecule has 126 valence electrons. The molecule has 5 nitrogen and oxygen atoms in total. The van der Waals surface area contributed by atoms with E-state index in [4.69, 9.17) is 4.74 Å². The third-order valence-corrected chi connectivity index (χ3v) is 4.63. The van der Waals surface area contributed by atoms with Crippen LogP contribution in [0.1, 0.15) is 35.0 Å². The molecule has 0 bridgehead atoms. The van der Waals surface area contributed by atoms with Gasteiger partial charge in [0.15, 0.2) is 5.69 Å². The van der Waals surface area contributed by atoms with Crippen molar-refractivity contribution >= 4 is 11.7 Å². The van der Waals surface area contributed by atoms with Gasteiger partial charge in [-0.05, 0) is 36.5 Å². The zero-order chi connectivity index (χ0) is 16.9. The Balaban J connectivity index is 1.69. The van der Waals surface area contributed by atoms with Crippen LogP contribution in [0.3, 0.4) is 0 Å². The molecule has 1 unspecified atom stereocenters. The molecular formula is C19H22N2O3.